The molecule has 8 nitrogen and oxygen atoms in total. The van der Waals surface area contributed by atoms with E-state index in [1.807, 2.05) is 6.92 Å². The third kappa shape index (κ3) is 6.52. The average Bonchev–Trinajstić information content (AvgIpc) is 2.77. The molecule has 2 N–H and O–H groups in total. The van der Waals surface area contributed by atoms with E-state index in [4.69, 9.17) is 4.74 Å². The number of hydrogen-bond donors (Lipinski definition) is 2. The molecule has 1 aromatic heterocycles. The van der Waals surface area contributed by atoms with Crippen LogP contribution in [0.15, 0.2) is 24.4 Å². The van der Waals surface area contributed by atoms with E-state index in [1.54, 1.807) is 27.7 Å². The smallest absolute Gasteiger partial charge is 0.413 e. The average molecular weight is 507 g/mol. The molecule has 3 amide bonds. The van der Waals surface area contributed by atoms with Gasteiger partial charge in [-0.1, -0.05) is 6.92 Å². The molecule has 1 aliphatic rings. The molecule has 3 rings (SSSR count). The number of anilines is 2. The summed E-state index contributed by atoms with van der Waals surface area (Å²) in [5.74, 6) is -5.90. The maximum Gasteiger partial charge on any atom is 0.413 e. The van der Waals surface area contributed by atoms with Gasteiger partial charge >= 0.3 is 17.9 Å². The van der Waals surface area contributed by atoms with Gasteiger partial charge in [0.1, 0.15) is 11.4 Å². The van der Waals surface area contributed by atoms with Gasteiger partial charge in [0.15, 0.2) is 17.5 Å². The zero-order valence-corrected chi connectivity index (χ0v) is 20.7. The molecule has 1 fully saturated rings. The van der Waals surface area contributed by atoms with E-state index in [0.29, 0.717) is 18.4 Å². The fourth-order valence-corrected chi connectivity index (χ4v) is 3.98. The van der Waals surface area contributed by atoms with Gasteiger partial charge in [0.2, 0.25) is 0 Å². The molecule has 194 valence electrons. The molecule has 0 bridgehead atoms. The highest BCUT2D eigenvalue weighted by Crippen LogP contribution is 2.34. The summed E-state index contributed by atoms with van der Waals surface area (Å²) in [5, 5.41) is 4.99. The van der Waals surface area contributed by atoms with Crippen LogP contribution in [-0.2, 0) is 14.3 Å². The normalized spacial score (nSPS) is 17.9. The van der Waals surface area contributed by atoms with Gasteiger partial charge in [-0.2, -0.15) is 0 Å². The Kier molecular flexibility index (Phi) is 7.90. The van der Waals surface area contributed by atoms with Crippen molar-refractivity contribution in [2.24, 2.45) is 5.92 Å². The van der Waals surface area contributed by atoms with Gasteiger partial charge in [-0.15, -0.1) is 0 Å². The lowest BCUT2D eigenvalue weighted by atomic mass is 9.89. The van der Waals surface area contributed by atoms with Gasteiger partial charge in [-0.3, -0.25) is 14.9 Å². The Bertz CT molecular complexity index is 1160. The largest absolute Gasteiger partial charge is 0.444 e. The first-order valence-corrected chi connectivity index (χ1v) is 11.5. The Balaban J connectivity index is 1.74. The Hall–Kier alpha value is -3.63. The van der Waals surface area contributed by atoms with Crippen molar-refractivity contribution in [2.45, 2.75) is 59.1 Å². The minimum Gasteiger partial charge on any atom is -0.444 e. The number of pyridine rings is 1. The lowest BCUT2D eigenvalue weighted by Gasteiger charge is -2.38. The van der Waals surface area contributed by atoms with Crippen molar-refractivity contribution in [3.05, 3.63) is 53.0 Å². The number of benzene rings is 1. The first kappa shape index (κ1) is 27.0. The van der Waals surface area contributed by atoms with Crippen LogP contribution >= 0.6 is 0 Å². The van der Waals surface area contributed by atoms with Crippen molar-refractivity contribution >= 4 is 29.4 Å². The minimum absolute atomic E-state index is 0.0512. The second-order valence-corrected chi connectivity index (χ2v) is 9.92. The zero-order chi connectivity index (χ0) is 26.8. The molecule has 0 saturated carbocycles. The Morgan fingerprint density at radius 2 is 1.69 bits per heavy atom. The van der Waals surface area contributed by atoms with Crippen molar-refractivity contribution in [1.29, 1.82) is 0 Å². The Morgan fingerprint density at radius 3 is 2.28 bits per heavy atom. The van der Waals surface area contributed by atoms with Gasteiger partial charge in [0.05, 0.1) is 17.9 Å². The van der Waals surface area contributed by atoms with Crippen molar-refractivity contribution in [3.8, 4) is 0 Å². The lowest BCUT2D eigenvalue weighted by molar-refractivity contribution is -0.146. The number of carbonyl (C=O) groups is 3. The third-order valence-electron chi connectivity index (χ3n) is 5.62. The number of hydrogen-bond acceptors (Lipinski definition) is 5. The molecule has 0 spiro atoms. The highest BCUT2D eigenvalue weighted by molar-refractivity contribution is 6.39. The predicted molar refractivity (Wildman–Crippen MR) is 127 cm³/mol. The van der Waals surface area contributed by atoms with E-state index < -0.39 is 47.0 Å². The van der Waals surface area contributed by atoms with Crippen LogP contribution in [0.3, 0.4) is 0 Å². The highest BCUT2D eigenvalue weighted by Gasteiger charge is 2.35. The first-order chi connectivity index (χ1) is 16.7. The van der Waals surface area contributed by atoms with Gasteiger partial charge in [0, 0.05) is 6.54 Å². The summed E-state index contributed by atoms with van der Waals surface area (Å²) in [6.45, 7) is 8.90. The Morgan fingerprint density at radius 1 is 1.06 bits per heavy atom. The molecule has 36 heavy (non-hydrogen) atoms. The second-order valence-electron chi connectivity index (χ2n) is 9.92. The van der Waals surface area contributed by atoms with Crippen LogP contribution < -0.4 is 10.6 Å². The monoisotopic (exact) mass is 506 g/mol. The number of aromatic nitrogens is 1. The topological polar surface area (TPSA) is 101 Å². The summed E-state index contributed by atoms with van der Waals surface area (Å²) >= 11 is 0. The molecule has 0 aliphatic carbocycles. The third-order valence-corrected chi connectivity index (χ3v) is 5.62. The second kappa shape index (κ2) is 10.5. The van der Waals surface area contributed by atoms with Gasteiger partial charge < -0.3 is 15.0 Å². The van der Waals surface area contributed by atoms with Crippen LogP contribution in [0.4, 0.5) is 29.5 Å². The van der Waals surface area contributed by atoms with Crippen molar-refractivity contribution in [3.63, 3.8) is 0 Å². The molecule has 11 heteroatoms. The lowest BCUT2D eigenvalue weighted by Crippen LogP contribution is -2.46. The van der Waals surface area contributed by atoms with E-state index in [9.17, 15) is 27.6 Å². The van der Waals surface area contributed by atoms with Gasteiger partial charge in [-0.25, -0.2) is 22.9 Å². The Labute approximate surface area is 207 Å². The maximum atomic E-state index is 13.8. The predicted octanol–water partition coefficient (Wildman–Crippen LogP) is 5.09. The molecule has 1 saturated heterocycles. The van der Waals surface area contributed by atoms with Gasteiger partial charge in [0.25, 0.3) is 0 Å². The summed E-state index contributed by atoms with van der Waals surface area (Å²) in [7, 11) is 0. The van der Waals surface area contributed by atoms with Crippen LogP contribution in [0.5, 0.6) is 0 Å². The van der Waals surface area contributed by atoms with Crippen LogP contribution in [0.1, 0.15) is 57.7 Å². The number of carbonyl (C=O) groups excluding carboxylic acids is 3. The molecule has 1 aliphatic heterocycles. The van der Waals surface area contributed by atoms with Gasteiger partial charge in [-0.05, 0) is 75.8 Å². The zero-order valence-electron chi connectivity index (χ0n) is 20.7. The maximum absolute atomic E-state index is 13.8. The van der Waals surface area contributed by atoms with Crippen LogP contribution in [-0.4, -0.2) is 39.9 Å². The number of halogens is 3. The summed E-state index contributed by atoms with van der Waals surface area (Å²) in [6, 6.07) is 2.43. The van der Waals surface area contributed by atoms with E-state index in [2.05, 4.69) is 15.6 Å². The summed E-state index contributed by atoms with van der Waals surface area (Å²) in [5.41, 5.74) is 0.102. The number of nitrogens with zero attached hydrogens (tertiary/aromatic N) is 2. The summed E-state index contributed by atoms with van der Waals surface area (Å²) < 4.78 is 46.3. The quantitative estimate of drug-likeness (QED) is 0.446. The number of nitrogens with one attached hydrogen (secondary N) is 2. The standard InChI is InChI=1S/C25H29F3N4O4/c1-13-6-7-19(15-9-17(26)20(28)18(27)10-15)32(12-13)23(34)22(33)30-16-8-14(2)21(29-11-16)31-24(35)36-25(3,4)5/h8-11,13,19H,6-7,12H2,1-5H3,(H,30,33)(H,29,31,35)/t13-,19+/m0/s1. The number of ether oxygens (including phenoxy) is 1. The van der Waals surface area contributed by atoms with E-state index >= 15 is 0 Å². The number of aryl methyl sites for hydroxylation is 1. The number of likely N-dealkylation sites (tertiary alicyclic amines) is 1. The fraction of sp³-hybridized carbons (Fsp3) is 0.440. The van der Waals surface area contributed by atoms with Crippen molar-refractivity contribution in [1.82, 2.24) is 9.88 Å². The molecule has 2 heterocycles. The van der Waals surface area contributed by atoms with Crippen LogP contribution in [0.2, 0.25) is 0 Å². The first-order valence-electron chi connectivity index (χ1n) is 11.5. The molecule has 2 atom stereocenters. The molecular formula is C25H29F3N4O4. The molecule has 1 aromatic carbocycles. The van der Waals surface area contributed by atoms with Crippen molar-refractivity contribution in [2.75, 3.05) is 17.2 Å². The molecule has 0 radical (unpaired) electrons. The number of piperidine rings is 1. The number of amides is 3. The SMILES string of the molecule is Cc1cc(NC(=O)C(=O)N2C[C@@H](C)CC[C@@H]2c2cc(F)c(F)c(F)c2)cnc1NC(=O)OC(C)(C)C. The van der Waals surface area contributed by atoms with Crippen LogP contribution in [0.25, 0.3) is 0 Å². The van der Waals surface area contributed by atoms with E-state index in [1.165, 1.54) is 17.2 Å². The molecule has 2 aromatic rings. The van der Waals surface area contributed by atoms with Crippen LogP contribution in [0, 0.1) is 30.3 Å². The fourth-order valence-electron chi connectivity index (χ4n) is 3.98. The van der Waals surface area contributed by atoms with E-state index in [-0.39, 0.29) is 29.5 Å². The highest BCUT2D eigenvalue weighted by atomic mass is 19.2. The molecular weight excluding hydrogens is 477 g/mol. The summed E-state index contributed by atoms with van der Waals surface area (Å²) in [6.07, 6.45) is 1.60. The molecule has 0 unspecified atom stereocenters. The van der Waals surface area contributed by atoms with E-state index in [0.717, 1.165) is 12.1 Å². The summed E-state index contributed by atoms with van der Waals surface area (Å²) in [4.78, 5) is 43.2. The van der Waals surface area contributed by atoms with Crippen molar-refractivity contribution < 1.29 is 32.3 Å². The number of rotatable bonds is 3. The minimum atomic E-state index is -1.59.